The lowest BCUT2D eigenvalue weighted by Crippen LogP contribution is -2.23. The Kier molecular flexibility index (Phi) is 3.41. The van der Waals surface area contributed by atoms with E-state index in [9.17, 15) is 9.90 Å². The van der Waals surface area contributed by atoms with Crippen LogP contribution in [-0.2, 0) is 13.6 Å². The molecule has 19 heavy (non-hydrogen) atoms. The zero-order valence-electron chi connectivity index (χ0n) is 10.8. The molecule has 0 fully saturated rings. The van der Waals surface area contributed by atoms with Crippen LogP contribution in [0, 0.1) is 6.92 Å². The van der Waals surface area contributed by atoms with Crippen LogP contribution in [0.2, 0.25) is 0 Å². The van der Waals surface area contributed by atoms with Gasteiger partial charge in [-0.15, -0.1) is 0 Å². The quantitative estimate of drug-likeness (QED) is 0.765. The molecule has 0 aliphatic heterocycles. The number of hydrogen-bond acceptors (Lipinski definition) is 4. The Labute approximate surface area is 110 Å². The van der Waals surface area contributed by atoms with Crippen molar-refractivity contribution in [3.63, 3.8) is 0 Å². The smallest absolute Gasteiger partial charge is 0.251 e. The molecule has 1 aromatic heterocycles. The van der Waals surface area contributed by atoms with Crippen LogP contribution in [0.5, 0.6) is 5.75 Å². The molecule has 0 unspecified atom stereocenters. The number of phenolic OH excluding ortho intramolecular Hbond substituents is 1. The molecule has 100 valence electrons. The maximum atomic E-state index is 12.0. The Morgan fingerprint density at radius 2 is 2.26 bits per heavy atom. The van der Waals surface area contributed by atoms with Crippen LogP contribution in [0.4, 0.5) is 5.82 Å². The van der Waals surface area contributed by atoms with Crippen molar-refractivity contribution >= 4 is 11.7 Å². The first-order valence-electron chi connectivity index (χ1n) is 5.83. The summed E-state index contributed by atoms with van der Waals surface area (Å²) in [7, 11) is 1.74. The molecule has 0 spiro atoms. The van der Waals surface area contributed by atoms with E-state index in [1.54, 1.807) is 37.0 Å². The Hall–Kier alpha value is -2.50. The molecule has 0 bridgehead atoms. The number of benzene rings is 1. The van der Waals surface area contributed by atoms with E-state index in [0.717, 1.165) is 11.1 Å². The van der Waals surface area contributed by atoms with E-state index in [2.05, 4.69) is 10.4 Å². The van der Waals surface area contributed by atoms with Crippen molar-refractivity contribution in [3.05, 3.63) is 41.1 Å². The molecule has 2 rings (SSSR count). The van der Waals surface area contributed by atoms with E-state index in [0.29, 0.717) is 17.9 Å². The second-order valence-electron chi connectivity index (χ2n) is 4.36. The molecule has 6 nitrogen and oxygen atoms in total. The predicted molar refractivity (Wildman–Crippen MR) is 71.6 cm³/mol. The van der Waals surface area contributed by atoms with E-state index in [-0.39, 0.29) is 11.7 Å². The Balaban J connectivity index is 2.07. The van der Waals surface area contributed by atoms with Gasteiger partial charge in [-0.3, -0.25) is 9.48 Å². The number of aromatic hydroxyl groups is 1. The van der Waals surface area contributed by atoms with Gasteiger partial charge in [0.1, 0.15) is 11.6 Å². The van der Waals surface area contributed by atoms with Crippen molar-refractivity contribution in [2.24, 2.45) is 7.05 Å². The summed E-state index contributed by atoms with van der Waals surface area (Å²) in [6.45, 7) is 2.09. The number of aryl methyl sites for hydroxylation is 2. The Bertz CT molecular complexity index is 619. The van der Waals surface area contributed by atoms with E-state index in [4.69, 9.17) is 5.73 Å². The molecule has 1 amide bonds. The van der Waals surface area contributed by atoms with Gasteiger partial charge in [0.25, 0.3) is 5.91 Å². The number of nitrogen functional groups attached to an aromatic ring is 1. The van der Waals surface area contributed by atoms with Crippen LogP contribution in [-0.4, -0.2) is 20.8 Å². The van der Waals surface area contributed by atoms with Crippen molar-refractivity contribution in [2.45, 2.75) is 13.5 Å². The summed E-state index contributed by atoms with van der Waals surface area (Å²) < 4.78 is 1.55. The molecule has 0 aliphatic carbocycles. The van der Waals surface area contributed by atoms with Gasteiger partial charge in [-0.2, -0.15) is 5.10 Å². The van der Waals surface area contributed by atoms with Crippen molar-refractivity contribution in [2.75, 3.05) is 5.73 Å². The molecule has 1 heterocycles. The number of phenols is 1. The van der Waals surface area contributed by atoms with Crippen molar-refractivity contribution in [3.8, 4) is 5.75 Å². The van der Waals surface area contributed by atoms with Gasteiger partial charge in [0.2, 0.25) is 0 Å². The number of carbonyl (C=O) groups is 1. The third-order valence-corrected chi connectivity index (χ3v) is 2.96. The molecule has 0 saturated carbocycles. The summed E-state index contributed by atoms with van der Waals surface area (Å²) in [5, 5.41) is 16.1. The van der Waals surface area contributed by atoms with Crippen molar-refractivity contribution in [1.29, 1.82) is 0 Å². The van der Waals surface area contributed by atoms with E-state index >= 15 is 0 Å². The summed E-state index contributed by atoms with van der Waals surface area (Å²) in [6, 6.07) is 4.63. The van der Waals surface area contributed by atoms with Gasteiger partial charge >= 0.3 is 0 Å². The minimum atomic E-state index is -0.208. The molecule has 0 atom stereocenters. The number of amides is 1. The van der Waals surface area contributed by atoms with Gasteiger partial charge in [-0.1, -0.05) is 0 Å². The number of aromatic nitrogens is 2. The van der Waals surface area contributed by atoms with Gasteiger partial charge in [-0.25, -0.2) is 0 Å². The van der Waals surface area contributed by atoms with Crippen molar-refractivity contribution < 1.29 is 9.90 Å². The number of nitrogens with one attached hydrogen (secondary N) is 1. The van der Waals surface area contributed by atoms with Crippen LogP contribution in [0.25, 0.3) is 0 Å². The third-order valence-electron chi connectivity index (χ3n) is 2.96. The third kappa shape index (κ3) is 2.67. The number of carbonyl (C=O) groups excluding carboxylic acids is 1. The van der Waals surface area contributed by atoms with Crippen molar-refractivity contribution in [1.82, 2.24) is 15.1 Å². The first-order valence-corrected chi connectivity index (χ1v) is 5.83. The van der Waals surface area contributed by atoms with Gasteiger partial charge in [0, 0.05) is 24.7 Å². The first-order chi connectivity index (χ1) is 8.99. The number of hydrogen-bond donors (Lipinski definition) is 3. The normalized spacial score (nSPS) is 10.4. The fourth-order valence-corrected chi connectivity index (χ4v) is 1.80. The number of nitrogens with two attached hydrogens (primary N) is 1. The molecule has 0 aliphatic rings. The van der Waals surface area contributed by atoms with Crippen LogP contribution >= 0.6 is 0 Å². The molecular weight excluding hydrogens is 244 g/mol. The lowest BCUT2D eigenvalue weighted by atomic mass is 10.1. The minimum Gasteiger partial charge on any atom is -0.508 e. The summed E-state index contributed by atoms with van der Waals surface area (Å²) >= 11 is 0. The maximum absolute atomic E-state index is 12.0. The second-order valence-corrected chi connectivity index (χ2v) is 4.36. The van der Waals surface area contributed by atoms with Gasteiger partial charge in [0.05, 0.1) is 6.20 Å². The van der Waals surface area contributed by atoms with Gasteiger partial charge in [0.15, 0.2) is 0 Å². The van der Waals surface area contributed by atoms with E-state index < -0.39 is 0 Å². The zero-order chi connectivity index (χ0) is 14.0. The Morgan fingerprint density at radius 3 is 2.84 bits per heavy atom. The standard InChI is InChI=1S/C13H16N4O2/c1-8-5-10(18)3-4-11(8)13(19)15-6-9-7-16-17(2)12(9)14/h3-5,7,18H,6,14H2,1-2H3,(H,15,19). The first kappa shape index (κ1) is 12.9. The number of nitrogens with zero attached hydrogens (tertiary/aromatic N) is 2. The molecular formula is C13H16N4O2. The summed E-state index contributed by atoms with van der Waals surface area (Å²) in [5.74, 6) is 0.467. The fraction of sp³-hybridized carbons (Fsp3) is 0.231. The Morgan fingerprint density at radius 1 is 1.53 bits per heavy atom. The largest absolute Gasteiger partial charge is 0.508 e. The van der Waals surface area contributed by atoms with E-state index in [1.165, 1.54) is 6.07 Å². The highest BCUT2D eigenvalue weighted by atomic mass is 16.3. The average molecular weight is 260 g/mol. The monoisotopic (exact) mass is 260 g/mol. The summed E-state index contributed by atoms with van der Waals surface area (Å²) in [6.07, 6.45) is 1.62. The van der Waals surface area contributed by atoms with Crippen LogP contribution < -0.4 is 11.1 Å². The topological polar surface area (TPSA) is 93.2 Å². The second kappa shape index (κ2) is 5.01. The maximum Gasteiger partial charge on any atom is 0.251 e. The highest BCUT2D eigenvalue weighted by Gasteiger charge is 2.11. The highest BCUT2D eigenvalue weighted by molar-refractivity contribution is 5.95. The van der Waals surface area contributed by atoms with Gasteiger partial charge < -0.3 is 16.2 Å². The molecule has 0 radical (unpaired) electrons. The molecule has 0 saturated heterocycles. The molecule has 2 aromatic rings. The molecule has 4 N–H and O–H groups in total. The van der Waals surface area contributed by atoms with E-state index in [1.807, 2.05) is 0 Å². The highest BCUT2D eigenvalue weighted by Crippen LogP contribution is 2.16. The lowest BCUT2D eigenvalue weighted by molar-refractivity contribution is 0.0950. The lowest BCUT2D eigenvalue weighted by Gasteiger charge is -2.07. The average Bonchev–Trinajstić information content (AvgIpc) is 2.67. The predicted octanol–water partition coefficient (Wildman–Crippen LogP) is 0.946. The van der Waals surface area contributed by atoms with Gasteiger partial charge in [-0.05, 0) is 30.7 Å². The number of anilines is 1. The SMILES string of the molecule is Cc1cc(O)ccc1C(=O)NCc1cnn(C)c1N. The van der Waals surface area contributed by atoms with Crippen LogP contribution in [0.15, 0.2) is 24.4 Å². The van der Waals surface area contributed by atoms with Crippen LogP contribution in [0.3, 0.4) is 0 Å². The summed E-state index contributed by atoms with van der Waals surface area (Å²) in [5.41, 5.74) is 7.81. The molecule has 6 heteroatoms. The zero-order valence-corrected chi connectivity index (χ0v) is 10.8. The number of rotatable bonds is 3. The summed E-state index contributed by atoms with van der Waals surface area (Å²) in [4.78, 5) is 12.0. The van der Waals surface area contributed by atoms with Crippen LogP contribution in [0.1, 0.15) is 21.5 Å². The molecule has 1 aromatic carbocycles. The fourth-order valence-electron chi connectivity index (χ4n) is 1.80. The minimum absolute atomic E-state index is 0.144.